The first-order valence-corrected chi connectivity index (χ1v) is 8.52. The van der Waals surface area contributed by atoms with Crippen molar-refractivity contribution in [3.63, 3.8) is 0 Å². The number of halogens is 4. The van der Waals surface area contributed by atoms with Crippen LogP contribution in [-0.2, 0) is 6.42 Å². The van der Waals surface area contributed by atoms with Crippen LogP contribution in [0.25, 0.3) is 0 Å². The summed E-state index contributed by atoms with van der Waals surface area (Å²) in [4.78, 5) is 0. The van der Waals surface area contributed by atoms with Crippen LogP contribution in [0.15, 0.2) is 46.9 Å². The van der Waals surface area contributed by atoms with Crippen LogP contribution in [0, 0.1) is 0 Å². The van der Waals surface area contributed by atoms with Gasteiger partial charge in [-0.15, -0.1) is 0 Å². The van der Waals surface area contributed by atoms with Crippen molar-refractivity contribution in [2.24, 2.45) is 0 Å². The van der Waals surface area contributed by atoms with Gasteiger partial charge in [-0.3, -0.25) is 0 Å². The number of hydrogen-bond acceptors (Lipinski definition) is 0. The highest BCUT2D eigenvalue weighted by Crippen LogP contribution is 2.28. The van der Waals surface area contributed by atoms with Crippen LogP contribution in [0.1, 0.15) is 17.0 Å². The molecular weight excluding hydrogens is 411 g/mol. The Kier molecular flexibility index (Phi) is 5.76. The van der Waals surface area contributed by atoms with E-state index in [1.165, 1.54) is 11.1 Å². The lowest BCUT2D eigenvalue weighted by Crippen LogP contribution is -2.04. The van der Waals surface area contributed by atoms with Crippen LogP contribution in [0.4, 0.5) is 0 Å². The molecule has 0 aromatic heterocycles. The molecule has 0 radical (unpaired) electrons. The fraction of sp³-hybridized carbons (Fsp3) is 0.200. The predicted molar refractivity (Wildman–Crippen MR) is 90.8 cm³/mol. The van der Waals surface area contributed by atoms with Gasteiger partial charge in [0.2, 0.25) is 0 Å². The van der Waals surface area contributed by atoms with Crippen molar-refractivity contribution in [1.29, 1.82) is 0 Å². The number of rotatable bonds is 4. The monoisotopic (exact) mass is 420 g/mol. The summed E-state index contributed by atoms with van der Waals surface area (Å²) >= 11 is 19.1. The van der Waals surface area contributed by atoms with E-state index in [1.807, 2.05) is 24.3 Å². The van der Waals surface area contributed by atoms with E-state index in [-0.39, 0.29) is 0 Å². The molecule has 0 fully saturated rings. The molecule has 19 heavy (non-hydrogen) atoms. The number of alkyl halides is 1. The molecule has 4 heteroatoms. The van der Waals surface area contributed by atoms with Gasteiger partial charge in [0, 0.05) is 9.80 Å². The maximum Gasteiger partial charge on any atom is 0.0595 e. The highest BCUT2D eigenvalue weighted by molar-refractivity contribution is 9.10. The van der Waals surface area contributed by atoms with Gasteiger partial charge in [0.1, 0.15) is 0 Å². The van der Waals surface area contributed by atoms with Gasteiger partial charge in [-0.2, -0.15) is 0 Å². The van der Waals surface area contributed by atoms with Crippen molar-refractivity contribution >= 4 is 55.1 Å². The second kappa shape index (κ2) is 7.12. The molecule has 1 atom stereocenters. The fourth-order valence-corrected chi connectivity index (χ4v) is 3.31. The van der Waals surface area contributed by atoms with Crippen LogP contribution in [0.3, 0.4) is 0 Å². The normalized spacial score (nSPS) is 12.4. The number of hydrogen-bond donors (Lipinski definition) is 0. The molecule has 100 valence electrons. The Morgan fingerprint density at radius 1 is 1.00 bits per heavy atom. The van der Waals surface area contributed by atoms with Crippen LogP contribution in [0.5, 0.6) is 0 Å². The molecule has 0 N–H and O–H groups in total. The van der Waals surface area contributed by atoms with E-state index in [9.17, 15) is 0 Å². The molecule has 2 rings (SSSR count). The zero-order chi connectivity index (χ0) is 13.8. The van der Waals surface area contributed by atoms with Gasteiger partial charge in [-0.05, 0) is 47.7 Å². The average Bonchev–Trinajstić information content (AvgIpc) is 2.40. The third-order valence-corrected chi connectivity index (χ3v) is 4.99. The summed E-state index contributed by atoms with van der Waals surface area (Å²) in [6.07, 6.45) is 0.929. The van der Waals surface area contributed by atoms with Gasteiger partial charge in [-0.25, -0.2) is 0 Å². The molecule has 2 aromatic carbocycles. The first-order valence-electron chi connectivity index (χ1n) is 5.85. The minimum atomic E-state index is 0.412. The Hall–Kier alpha value is -0.0200. The van der Waals surface area contributed by atoms with Crippen molar-refractivity contribution in [3.8, 4) is 0 Å². The molecule has 0 heterocycles. The minimum Gasteiger partial charge on any atom is -0.0921 e. The van der Waals surface area contributed by atoms with Gasteiger partial charge in [0.15, 0.2) is 0 Å². The molecule has 0 aliphatic carbocycles. The molecule has 0 nitrogen and oxygen atoms in total. The van der Waals surface area contributed by atoms with Crippen LogP contribution >= 0.6 is 55.1 Å². The summed E-state index contributed by atoms with van der Waals surface area (Å²) in [5.74, 6) is 0.412. The highest BCUT2D eigenvalue weighted by atomic mass is 79.9. The van der Waals surface area contributed by atoms with Crippen molar-refractivity contribution in [2.75, 3.05) is 5.33 Å². The second-order valence-electron chi connectivity index (χ2n) is 4.36. The average molecular weight is 423 g/mol. The molecular formula is C15H12Br2Cl2. The third-order valence-electron chi connectivity index (χ3n) is 2.97. The van der Waals surface area contributed by atoms with E-state index in [1.54, 1.807) is 0 Å². The van der Waals surface area contributed by atoms with Gasteiger partial charge in [-0.1, -0.05) is 73.3 Å². The van der Waals surface area contributed by atoms with Gasteiger partial charge in [0.05, 0.1) is 10.0 Å². The maximum absolute atomic E-state index is 6.06. The smallest absolute Gasteiger partial charge is 0.0595 e. The molecule has 1 unspecified atom stereocenters. The van der Waals surface area contributed by atoms with Crippen molar-refractivity contribution in [2.45, 2.75) is 12.3 Å². The molecule has 0 saturated heterocycles. The lowest BCUT2D eigenvalue weighted by atomic mass is 9.94. The fourth-order valence-electron chi connectivity index (χ4n) is 1.97. The third kappa shape index (κ3) is 4.22. The van der Waals surface area contributed by atoms with E-state index in [4.69, 9.17) is 23.2 Å². The topological polar surface area (TPSA) is 0 Å². The first-order chi connectivity index (χ1) is 9.10. The molecule has 0 spiro atoms. The van der Waals surface area contributed by atoms with Gasteiger partial charge >= 0.3 is 0 Å². The van der Waals surface area contributed by atoms with Crippen LogP contribution in [0.2, 0.25) is 10.0 Å². The molecule has 2 aromatic rings. The Labute approximate surface area is 140 Å². The largest absolute Gasteiger partial charge is 0.0921 e. The van der Waals surface area contributed by atoms with E-state index in [2.05, 4.69) is 50.1 Å². The number of benzene rings is 2. The molecule has 0 aliphatic rings. The standard InChI is InChI=1S/C15H12Br2Cl2/c16-9-12(11-2-1-3-13(17)8-11)6-10-4-5-14(18)15(19)7-10/h1-5,7-8,12H,6,9H2. The summed E-state index contributed by atoms with van der Waals surface area (Å²) < 4.78 is 1.10. The summed E-state index contributed by atoms with van der Waals surface area (Å²) in [7, 11) is 0. The highest BCUT2D eigenvalue weighted by Gasteiger charge is 2.12. The van der Waals surface area contributed by atoms with E-state index in [0.29, 0.717) is 16.0 Å². The lowest BCUT2D eigenvalue weighted by molar-refractivity contribution is 0.775. The first kappa shape index (κ1) is 15.4. The minimum absolute atomic E-state index is 0.412. The van der Waals surface area contributed by atoms with Crippen molar-refractivity contribution in [3.05, 3.63) is 68.1 Å². The second-order valence-corrected chi connectivity index (χ2v) is 6.74. The van der Waals surface area contributed by atoms with E-state index in [0.717, 1.165) is 16.2 Å². The van der Waals surface area contributed by atoms with E-state index < -0.39 is 0 Å². The molecule has 0 bridgehead atoms. The molecule has 0 aliphatic heterocycles. The molecule has 0 amide bonds. The summed E-state index contributed by atoms with van der Waals surface area (Å²) in [6.45, 7) is 0. The van der Waals surface area contributed by atoms with E-state index >= 15 is 0 Å². The zero-order valence-corrected chi connectivity index (χ0v) is 14.7. The van der Waals surface area contributed by atoms with Gasteiger partial charge in [0.25, 0.3) is 0 Å². The summed E-state index contributed by atoms with van der Waals surface area (Å²) in [5, 5.41) is 2.12. The Bertz CT molecular complexity index is 570. The van der Waals surface area contributed by atoms with Crippen LogP contribution in [-0.4, -0.2) is 5.33 Å². The predicted octanol–water partition coefficient (Wildman–Crippen LogP) is 6.48. The summed E-state index contributed by atoms with van der Waals surface area (Å²) in [6, 6.07) is 14.2. The maximum atomic E-state index is 6.06. The molecule has 0 saturated carbocycles. The lowest BCUT2D eigenvalue weighted by Gasteiger charge is -2.15. The Balaban J connectivity index is 2.21. The van der Waals surface area contributed by atoms with Crippen molar-refractivity contribution < 1.29 is 0 Å². The Morgan fingerprint density at radius 2 is 1.79 bits per heavy atom. The quantitative estimate of drug-likeness (QED) is 0.495. The SMILES string of the molecule is Clc1ccc(CC(CBr)c2cccc(Br)c2)cc1Cl. The van der Waals surface area contributed by atoms with Crippen molar-refractivity contribution in [1.82, 2.24) is 0 Å². The zero-order valence-electron chi connectivity index (χ0n) is 10.0. The van der Waals surface area contributed by atoms with Gasteiger partial charge < -0.3 is 0 Å². The van der Waals surface area contributed by atoms with Crippen LogP contribution < -0.4 is 0 Å². The summed E-state index contributed by atoms with van der Waals surface area (Å²) in [5.41, 5.74) is 2.50. The Morgan fingerprint density at radius 3 is 2.42 bits per heavy atom.